The highest BCUT2D eigenvalue weighted by atomic mass is 35.5. The van der Waals surface area contributed by atoms with Crippen molar-refractivity contribution in [1.82, 2.24) is 29.7 Å². The molecule has 10 nitrogen and oxygen atoms in total. The number of hydrogen-bond acceptors (Lipinski definition) is 8. The van der Waals surface area contributed by atoms with Crippen molar-refractivity contribution < 1.29 is 9.26 Å². The van der Waals surface area contributed by atoms with Crippen molar-refractivity contribution in [3.8, 4) is 22.9 Å². The highest BCUT2D eigenvalue weighted by Gasteiger charge is 2.48. The van der Waals surface area contributed by atoms with Crippen LogP contribution in [0.25, 0.3) is 34.1 Å². The molecular weight excluding hydrogens is 530 g/mol. The number of nitrogens with one attached hydrogen (secondary N) is 2. The summed E-state index contributed by atoms with van der Waals surface area (Å²) >= 11 is 6.41. The summed E-state index contributed by atoms with van der Waals surface area (Å²) in [6, 6.07) is 17.6. The quantitative estimate of drug-likeness (QED) is 0.247. The van der Waals surface area contributed by atoms with E-state index in [2.05, 4.69) is 26.9 Å². The summed E-state index contributed by atoms with van der Waals surface area (Å²) in [7, 11) is 0. The normalized spacial score (nSPS) is 22.4. The Labute approximate surface area is 234 Å². The zero-order valence-electron chi connectivity index (χ0n) is 21.9. The molecule has 5 aromatic rings. The lowest BCUT2D eigenvalue weighted by molar-refractivity contribution is 0.266. The zero-order valence-corrected chi connectivity index (χ0v) is 22.7. The standard InChI is InChI=1S/C29H28ClN7O3/c1-17-10-12-18(13-11-17)15-37-23-22(19-6-5-9-21(30)14-19)31-25(26-34-28(38)40-36-26)32-24(23)33-27(37)35-29(16-39-29)20-7-3-2-4-8-20/h2-9,14,17-18H,10-13,15-16H2,1H3,(H,34,36,38)(H,31,32,33,35)/t17-,18-,29-/m0/s1. The monoisotopic (exact) mass is 557 g/mol. The third kappa shape index (κ3) is 4.67. The maximum atomic E-state index is 11.7. The minimum atomic E-state index is -0.682. The van der Waals surface area contributed by atoms with E-state index in [4.69, 9.17) is 35.8 Å². The average Bonchev–Trinajstić information content (AvgIpc) is 3.49. The number of aromatic nitrogens is 6. The van der Waals surface area contributed by atoms with Crippen molar-refractivity contribution in [2.24, 2.45) is 11.8 Å². The Bertz CT molecular complexity index is 1730. The van der Waals surface area contributed by atoms with Crippen LogP contribution in [0.4, 0.5) is 5.95 Å². The van der Waals surface area contributed by atoms with Crippen molar-refractivity contribution in [2.75, 3.05) is 11.9 Å². The fraction of sp³-hybridized carbons (Fsp3) is 0.345. The summed E-state index contributed by atoms with van der Waals surface area (Å²) in [5, 5.41) is 8.00. The number of epoxide rings is 1. The van der Waals surface area contributed by atoms with Gasteiger partial charge in [0, 0.05) is 22.7 Å². The Morgan fingerprint density at radius 2 is 1.88 bits per heavy atom. The summed E-state index contributed by atoms with van der Waals surface area (Å²) in [5.41, 5.74) is 3.06. The number of anilines is 1. The van der Waals surface area contributed by atoms with E-state index in [1.165, 1.54) is 12.8 Å². The van der Waals surface area contributed by atoms with Crippen LogP contribution in [0.2, 0.25) is 5.02 Å². The van der Waals surface area contributed by atoms with Crippen LogP contribution in [0.5, 0.6) is 0 Å². The lowest BCUT2D eigenvalue weighted by atomic mass is 9.83. The molecule has 0 bridgehead atoms. The summed E-state index contributed by atoms with van der Waals surface area (Å²) in [5.74, 6) is 1.53. The second-order valence-corrected chi connectivity index (χ2v) is 11.2. The molecule has 40 heavy (non-hydrogen) atoms. The third-order valence-electron chi connectivity index (χ3n) is 7.92. The molecule has 2 fully saturated rings. The van der Waals surface area contributed by atoms with Crippen molar-refractivity contribution in [3.05, 3.63) is 75.7 Å². The van der Waals surface area contributed by atoms with Gasteiger partial charge in [-0.1, -0.05) is 79.0 Å². The lowest BCUT2D eigenvalue weighted by Gasteiger charge is -2.27. The third-order valence-corrected chi connectivity index (χ3v) is 8.15. The molecule has 2 aromatic carbocycles. The van der Waals surface area contributed by atoms with Gasteiger partial charge >= 0.3 is 5.76 Å². The fourth-order valence-corrected chi connectivity index (χ4v) is 5.81. The van der Waals surface area contributed by atoms with E-state index < -0.39 is 11.5 Å². The van der Waals surface area contributed by atoms with Gasteiger partial charge in [-0.05, 0) is 36.8 Å². The SMILES string of the molecule is C[C@H]1CC[C@H](Cn2c(N[C@@]3(c4ccccc4)CO3)nc3nc(-c4noc(=O)[nH]4)nc(-c4cccc(Cl)c4)c32)CC1. The van der Waals surface area contributed by atoms with Crippen LogP contribution >= 0.6 is 11.6 Å². The van der Waals surface area contributed by atoms with Gasteiger partial charge in [-0.15, -0.1) is 0 Å². The van der Waals surface area contributed by atoms with E-state index in [-0.39, 0.29) is 11.6 Å². The Balaban J connectivity index is 1.42. The van der Waals surface area contributed by atoms with Gasteiger partial charge in [0.05, 0.1) is 0 Å². The molecule has 11 heteroatoms. The van der Waals surface area contributed by atoms with Gasteiger partial charge in [-0.25, -0.2) is 14.8 Å². The number of halogens is 1. The number of imidazole rings is 1. The summed E-state index contributed by atoms with van der Waals surface area (Å²) in [6.07, 6.45) is 4.70. The van der Waals surface area contributed by atoms with E-state index >= 15 is 0 Å². The Kier molecular flexibility index (Phi) is 6.16. The second kappa shape index (κ2) is 9.87. The minimum absolute atomic E-state index is 0.131. The van der Waals surface area contributed by atoms with Crippen molar-refractivity contribution in [3.63, 3.8) is 0 Å². The van der Waals surface area contributed by atoms with Crippen LogP contribution in [-0.4, -0.2) is 36.3 Å². The van der Waals surface area contributed by atoms with E-state index in [0.29, 0.717) is 34.8 Å². The first-order chi connectivity index (χ1) is 19.5. The summed E-state index contributed by atoms with van der Waals surface area (Å²) in [4.78, 5) is 28.9. The molecule has 1 aliphatic carbocycles. The fourth-order valence-electron chi connectivity index (χ4n) is 5.62. The maximum Gasteiger partial charge on any atom is 0.439 e. The lowest BCUT2D eigenvalue weighted by Crippen LogP contribution is -2.25. The van der Waals surface area contributed by atoms with Crippen LogP contribution in [0, 0.1) is 11.8 Å². The van der Waals surface area contributed by atoms with Crippen molar-refractivity contribution in [1.29, 1.82) is 0 Å². The van der Waals surface area contributed by atoms with Gasteiger partial charge < -0.3 is 14.6 Å². The van der Waals surface area contributed by atoms with Gasteiger partial charge in [0.15, 0.2) is 11.4 Å². The molecular formula is C29H28ClN7O3. The van der Waals surface area contributed by atoms with E-state index in [1.54, 1.807) is 0 Å². The average molecular weight is 558 g/mol. The Morgan fingerprint density at radius 3 is 2.58 bits per heavy atom. The number of ether oxygens (including phenoxy) is 1. The predicted octanol–water partition coefficient (Wildman–Crippen LogP) is 5.61. The molecule has 2 N–H and O–H groups in total. The minimum Gasteiger partial charge on any atom is -0.344 e. The topological polar surface area (TPSA) is 127 Å². The number of aromatic amines is 1. The molecule has 1 aliphatic heterocycles. The molecule has 204 valence electrons. The first-order valence-corrected chi connectivity index (χ1v) is 13.9. The zero-order chi connectivity index (χ0) is 27.3. The van der Waals surface area contributed by atoms with Gasteiger partial charge in [-0.3, -0.25) is 9.51 Å². The van der Waals surface area contributed by atoms with Crippen LogP contribution in [0.15, 0.2) is 63.9 Å². The molecule has 4 heterocycles. The summed E-state index contributed by atoms with van der Waals surface area (Å²) in [6.45, 7) is 3.61. The predicted molar refractivity (Wildman–Crippen MR) is 151 cm³/mol. The van der Waals surface area contributed by atoms with Gasteiger partial charge in [-0.2, -0.15) is 4.98 Å². The largest absolute Gasteiger partial charge is 0.439 e. The number of nitrogens with zero attached hydrogens (tertiary/aromatic N) is 5. The maximum absolute atomic E-state index is 11.7. The highest BCUT2D eigenvalue weighted by Crippen LogP contribution is 2.41. The molecule has 1 saturated heterocycles. The van der Waals surface area contributed by atoms with Gasteiger partial charge in [0.1, 0.15) is 17.8 Å². The summed E-state index contributed by atoms with van der Waals surface area (Å²) < 4.78 is 12.9. The van der Waals surface area contributed by atoms with Crippen LogP contribution in [-0.2, 0) is 17.0 Å². The first kappa shape index (κ1) is 25.0. The molecule has 7 rings (SSSR count). The smallest absolute Gasteiger partial charge is 0.344 e. The molecule has 0 radical (unpaired) electrons. The Morgan fingerprint density at radius 1 is 1.07 bits per heavy atom. The molecule has 0 amide bonds. The molecule has 1 atom stereocenters. The molecule has 2 aliphatic rings. The highest BCUT2D eigenvalue weighted by molar-refractivity contribution is 6.30. The molecule has 1 saturated carbocycles. The van der Waals surface area contributed by atoms with Crippen molar-refractivity contribution >= 4 is 28.7 Å². The van der Waals surface area contributed by atoms with Crippen LogP contribution in [0.3, 0.4) is 0 Å². The van der Waals surface area contributed by atoms with E-state index in [0.717, 1.165) is 41.9 Å². The van der Waals surface area contributed by atoms with E-state index in [1.807, 2.05) is 54.6 Å². The van der Waals surface area contributed by atoms with Crippen LogP contribution in [0.1, 0.15) is 38.2 Å². The van der Waals surface area contributed by atoms with Gasteiger partial charge in [0.25, 0.3) is 0 Å². The molecule has 0 unspecified atom stereocenters. The number of fused-ring (bicyclic) bond motifs is 1. The number of benzene rings is 2. The second-order valence-electron chi connectivity index (χ2n) is 10.8. The van der Waals surface area contributed by atoms with E-state index in [9.17, 15) is 4.79 Å². The van der Waals surface area contributed by atoms with Gasteiger partial charge in [0.2, 0.25) is 17.6 Å². The molecule has 3 aromatic heterocycles. The number of rotatable bonds is 7. The molecule has 0 spiro atoms. The van der Waals surface area contributed by atoms with Crippen LogP contribution < -0.4 is 11.1 Å². The van der Waals surface area contributed by atoms with Crippen molar-refractivity contribution in [2.45, 2.75) is 44.9 Å². The number of hydrogen-bond donors (Lipinski definition) is 2. The first-order valence-electron chi connectivity index (χ1n) is 13.6. The Hall–Kier alpha value is -4.02. The number of H-pyrrole nitrogens is 1.